The van der Waals surface area contributed by atoms with Gasteiger partial charge in [0.2, 0.25) is 0 Å². The average molecular weight is 377 g/mol. The molecule has 0 radical (unpaired) electrons. The van der Waals surface area contributed by atoms with Crippen LogP contribution in [0, 0.1) is 13.8 Å². The van der Waals surface area contributed by atoms with Gasteiger partial charge in [-0.05, 0) is 36.9 Å². The molecular weight excluding hydrogens is 360 g/mol. The SMILES string of the molecule is Cc1ccc(NC2=C(Cl)C(=O)N(c3cccc4ccccc34)C2=O)c(C)c1. The van der Waals surface area contributed by atoms with Gasteiger partial charge in [0.05, 0.1) is 5.69 Å². The van der Waals surface area contributed by atoms with Crippen LogP contribution in [-0.2, 0) is 9.59 Å². The molecule has 0 saturated carbocycles. The maximum absolute atomic E-state index is 13.1. The second-order valence-electron chi connectivity index (χ2n) is 6.58. The largest absolute Gasteiger partial charge is 0.349 e. The summed E-state index contributed by atoms with van der Waals surface area (Å²) in [6.07, 6.45) is 0. The lowest BCUT2D eigenvalue weighted by Crippen LogP contribution is -2.32. The molecule has 0 saturated heterocycles. The first kappa shape index (κ1) is 17.3. The maximum atomic E-state index is 13.1. The summed E-state index contributed by atoms with van der Waals surface area (Å²) in [5.41, 5.74) is 3.45. The predicted octanol–water partition coefficient (Wildman–Crippen LogP) is 4.89. The summed E-state index contributed by atoms with van der Waals surface area (Å²) in [4.78, 5) is 27.0. The first-order valence-electron chi connectivity index (χ1n) is 8.58. The first-order chi connectivity index (χ1) is 13.0. The minimum atomic E-state index is -0.523. The summed E-state index contributed by atoms with van der Waals surface area (Å²) >= 11 is 6.26. The van der Waals surface area contributed by atoms with Crippen molar-refractivity contribution in [2.75, 3.05) is 10.2 Å². The Labute approximate surface area is 162 Å². The first-order valence-corrected chi connectivity index (χ1v) is 8.96. The monoisotopic (exact) mass is 376 g/mol. The van der Waals surface area contributed by atoms with E-state index >= 15 is 0 Å². The molecule has 134 valence electrons. The van der Waals surface area contributed by atoms with Gasteiger partial charge in [-0.1, -0.05) is 65.7 Å². The number of carbonyl (C=O) groups is 2. The molecule has 3 aromatic carbocycles. The van der Waals surface area contributed by atoms with Gasteiger partial charge in [-0.3, -0.25) is 9.59 Å². The van der Waals surface area contributed by atoms with Crippen molar-refractivity contribution < 1.29 is 9.59 Å². The Morgan fingerprint density at radius 3 is 2.41 bits per heavy atom. The summed E-state index contributed by atoms with van der Waals surface area (Å²) in [6, 6.07) is 18.9. The van der Waals surface area contributed by atoms with E-state index in [1.165, 1.54) is 0 Å². The number of rotatable bonds is 3. The maximum Gasteiger partial charge on any atom is 0.283 e. The second-order valence-corrected chi connectivity index (χ2v) is 6.95. The number of nitrogens with zero attached hydrogens (tertiary/aromatic N) is 1. The van der Waals surface area contributed by atoms with Gasteiger partial charge in [-0.2, -0.15) is 0 Å². The van der Waals surface area contributed by atoms with Crippen molar-refractivity contribution in [2.24, 2.45) is 0 Å². The lowest BCUT2D eigenvalue weighted by Gasteiger charge is -2.17. The third kappa shape index (κ3) is 2.88. The molecule has 0 atom stereocenters. The van der Waals surface area contributed by atoms with Gasteiger partial charge in [-0.15, -0.1) is 0 Å². The summed E-state index contributed by atoms with van der Waals surface area (Å²) in [5, 5.41) is 4.71. The molecule has 0 aliphatic carbocycles. The molecule has 3 aromatic rings. The van der Waals surface area contributed by atoms with Crippen LogP contribution in [0.1, 0.15) is 11.1 Å². The molecule has 4 nitrogen and oxygen atoms in total. The van der Waals surface area contributed by atoms with E-state index < -0.39 is 11.8 Å². The fourth-order valence-corrected chi connectivity index (χ4v) is 3.53. The van der Waals surface area contributed by atoms with Crippen LogP contribution in [0.15, 0.2) is 71.4 Å². The third-order valence-electron chi connectivity index (χ3n) is 4.68. The minimum Gasteiger partial charge on any atom is -0.349 e. The van der Waals surface area contributed by atoms with Gasteiger partial charge >= 0.3 is 0 Å². The number of fused-ring (bicyclic) bond motifs is 1. The molecule has 1 aliphatic heterocycles. The van der Waals surface area contributed by atoms with Crippen LogP contribution in [0.2, 0.25) is 0 Å². The fourth-order valence-electron chi connectivity index (χ4n) is 3.32. The van der Waals surface area contributed by atoms with Crippen LogP contribution < -0.4 is 10.2 Å². The van der Waals surface area contributed by atoms with Gasteiger partial charge in [0.25, 0.3) is 11.8 Å². The molecule has 2 amide bonds. The number of imide groups is 1. The third-order valence-corrected chi connectivity index (χ3v) is 5.03. The van der Waals surface area contributed by atoms with Gasteiger partial charge < -0.3 is 5.32 Å². The topological polar surface area (TPSA) is 49.4 Å². The Hall–Kier alpha value is -3.11. The molecule has 0 aromatic heterocycles. The summed E-state index contributed by atoms with van der Waals surface area (Å²) < 4.78 is 0. The van der Waals surface area contributed by atoms with Crippen LogP contribution in [0.4, 0.5) is 11.4 Å². The molecule has 5 heteroatoms. The van der Waals surface area contributed by atoms with Crippen LogP contribution >= 0.6 is 11.6 Å². The number of halogens is 1. The summed E-state index contributed by atoms with van der Waals surface area (Å²) in [6.45, 7) is 3.93. The molecule has 1 heterocycles. The fraction of sp³-hybridized carbons (Fsp3) is 0.0909. The number of hydrogen-bond acceptors (Lipinski definition) is 3. The number of benzene rings is 3. The highest BCUT2D eigenvalue weighted by atomic mass is 35.5. The van der Waals surface area contributed by atoms with Gasteiger partial charge in [-0.25, -0.2) is 4.90 Å². The molecular formula is C22H17ClN2O2. The molecule has 1 aliphatic rings. The Morgan fingerprint density at radius 1 is 0.889 bits per heavy atom. The summed E-state index contributed by atoms with van der Waals surface area (Å²) in [7, 11) is 0. The van der Waals surface area contributed by atoms with E-state index in [0.717, 1.165) is 32.5 Å². The quantitative estimate of drug-likeness (QED) is 0.662. The van der Waals surface area contributed by atoms with E-state index in [4.69, 9.17) is 11.6 Å². The van der Waals surface area contributed by atoms with E-state index in [0.29, 0.717) is 5.69 Å². The van der Waals surface area contributed by atoms with E-state index in [1.807, 2.05) is 68.4 Å². The van der Waals surface area contributed by atoms with E-state index in [-0.39, 0.29) is 10.7 Å². The Bertz CT molecular complexity index is 1130. The predicted molar refractivity (Wildman–Crippen MR) is 109 cm³/mol. The average Bonchev–Trinajstić information content (AvgIpc) is 2.86. The van der Waals surface area contributed by atoms with Crippen LogP contribution in [-0.4, -0.2) is 11.8 Å². The van der Waals surface area contributed by atoms with Crippen LogP contribution in [0.3, 0.4) is 0 Å². The lowest BCUT2D eigenvalue weighted by molar-refractivity contribution is -0.120. The summed E-state index contributed by atoms with van der Waals surface area (Å²) in [5.74, 6) is -0.980. The Balaban J connectivity index is 1.75. The normalized spacial score (nSPS) is 14.4. The number of carbonyl (C=O) groups excluding carboxylic acids is 2. The number of hydrogen-bond donors (Lipinski definition) is 1. The van der Waals surface area contributed by atoms with E-state index in [9.17, 15) is 9.59 Å². The van der Waals surface area contributed by atoms with Crippen molar-refractivity contribution in [3.05, 3.63) is 82.5 Å². The number of nitrogens with one attached hydrogen (secondary N) is 1. The highest BCUT2D eigenvalue weighted by Gasteiger charge is 2.39. The van der Waals surface area contributed by atoms with Gasteiger partial charge in [0.15, 0.2) is 0 Å². The zero-order valence-electron chi connectivity index (χ0n) is 14.9. The number of anilines is 2. The van der Waals surface area contributed by atoms with Crippen LogP contribution in [0.25, 0.3) is 10.8 Å². The molecule has 27 heavy (non-hydrogen) atoms. The zero-order chi connectivity index (χ0) is 19.1. The highest BCUT2D eigenvalue weighted by Crippen LogP contribution is 2.34. The standard InChI is InChI=1S/C22H17ClN2O2/c1-13-10-11-17(14(2)12-13)24-20-19(23)21(26)25(22(20)27)18-9-5-7-15-6-3-4-8-16(15)18/h3-12,24H,1-2H3. The Kier molecular flexibility index (Phi) is 4.21. The minimum absolute atomic E-state index is 0.0987. The zero-order valence-corrected chi connectivity index (χ0v) is 15.7. The lowest BCUT2D eigenvalue weighted by atomic mass is 10.1. The number of amides is 2. The number of aryl methyl sites for hydroxylation is 2. The van der Waals surface area contributed by atoms with Crippen molar-refractivity contribution in [1.29, 1.82) is 0 Å². The second kappa shape index (κ2) is 6.56. The van der Waals surface area contributed by atoms with E-state index in [2.05, 4.69) is 5.32 Å². The van der Waals surface area contributed by atoms with Gasteiger partial charge in [0, 0.05) is 11.1 Å². The highest BCUT2D eigenvalue weighted by molar-refractivity contribution is 6.53. The molecule has 1 N–H and O–H groups in total. The van der Waals surface area contributed by atoms with Crippen molar-refractivity contribution in [2.45, 2.75) is 13.8 Å². The van der Waals surface area contributed by atoms with Crippen molar-refractivity contribution in [3.8, 4) is 0 Å². The van der Waals surface area contributed by atoms with Crippen molar-refractivity contribution in [3.63, 3.8) is 0 Å². The molecule has 0 fully saturated rings. The van der Waals surface area contributed by atoms with E-state index in [1.54, 1.807) is 6.07 Å². The van der Waals surface area contributed by atoms with Gasteiger partial charge in [0.1, 0.15) is 10.7 Å². The molecule has 4 rings (SSSR count). The van der Waals surface area contributed by atoms with Crippen molar-refractivity contribution >= 4 is 45.6 Å². The smallest absolute Gasteiger partial charge is 0.283 e. The molecule has 0 bridgehead atoms. The van der Waals surface area contributed by atoms with Crippen molar-refractivity contribution in [1.82, 2.24) is 0 Å². The molecule has 0 spiro atoms. The molecule has 0 unspecified atom stereocenters. The Morgan fingerprint density at radius 2 is 1.63 bits per heavy atom. The van der Waals surface area contributed by atoms with Crippen LogP contribution in [0.5, 0.6) is 0 Å².